The maximum absolute atomic E-state index is 12.4. The predicted octanol–water partition coefficient (Wildman–Crippen LogP) is 5.50. The molecule has 4 heteroatoms. The van der Waals surface area contributed by atoms with Gasteiger partial charge in [0.2, 0.25) is 0 Å². The third-order valence-electron chi connectivity index (χ3n) is 3.88. The van der Waals surface area contributed by atoms with Crippen LogP contribution in [-0.4, -0.2) is 5.91 Å². The number of aryl methyl sites for hydroxylation is 3. The number of thiophene rings is 1. The second-order valence-corrected chi connectivity index (χ2v) is 7.11. The van der Waals surface area contributed by atoms with Crippen LogP contribution in [0.25, 0.3) is 0 Å². The number of nitrogens with one attached hydrogen (secondary N) is 1. The third-order valence-corrected chi connectivity index (χ3v) is 4.86. The molecule has 0 saturated heterocycles. The predicted molar refractivity (Wildman–Crippen MR) is 104 cm³/mol. The molecule has 2 aromatic carbocycles. The van der Waals surface area contributed by atoms with E-state index in [1.807, 2.05) is 61.7 Å². The Kier molecular flexibility index (Phi) is 5.19. The molecule has 0 aliphatic rings. The van der Waals surface area contributed by atoms with Gasteiger partial charge < -0.3 is 10.1 Å². The second-order valence-electron chi connectivity index (χ2n) is 6.20. The van der Waals surface area contributed by atoms with E-state index in [2.05, 4.69) is 18.3 Å². The van der Waals surface area contributed by atoms with Crippen molar-refractivity contribution in [3.05, 3.63) is 81.0 Å². The summed E-state index contributed by atoms with van der Waals surface area (Å²) in [4.78, 5) is 13.0. The summed E-state index contributed by atoms with van der Waals surface area (Å²) in [5.74, 6) is 0.788. The number of benzene rings is 2. The maximum Gasteiger partial charge on any atom is 0.265 e. The highest BCUT2D eigenvalue weighted by Crippen LogP contribution is 2.22. The van der Waals surface area contributed by atoms with E-state index in [-0.39, 0.29) is 5.91 Å². The molecule has 1 N–H and O–H groups in total. The molecule has 0 atom stereocenters. The van der Waals surface area contributed by atoms with Gasteiger partial charge in [0, 0.05) is 11.3 Å². The molecule has 1 heterocycles. The van der Waals surface area contributed by atoms with Crippen molar-refractivity contribution in [2.24, 2.45) is 0 Å². The lowest BCUT2D eigenvalue weighted by Crippen LogP contribution is -2.10. The molecule has 0 saturated carbocycles. The molecular formula is C21H21NO2S. The standard InChI is InChI=1S/C21H21NO2S/c1-14-5-4-6-18(10-14)22-21(23)20-11-17(13-25-20)12-24-19-8-7-15(2)9-16(19)3/h4-11,13H,12H2,1-3H3,(H,22,23). The largest absolute Gasteiger partial charge is 0.489 e. The van der Waals surface area contributed by atoms with Crippen LogP contribution in [0, 0.1) is 20.8 Å². The quantitative estimate of drug-likeness (QED) is 0.659. The highest BCUT2D eigenvalue weighted by Gasteiger charge is 2.10. The number of ether oxygens (including phenoxy) is 1. The highest BCUT2D eigenvalue weighted by molar-refractivity contribution is 7.12. The minimum atomic E-state index is -0.0895. The average Bonchev–Trinajstić information content (AvgIpc) is 3.03. The van der Waals surface area contributed by atoms with Crippen molar-refractivity contribution >= 4 is 22.9 Å². The Morgan fingerprint density at radius 2 is 1.84 bits per heavy atom. The Morgan fingerprint density at radius 1 is 1.04 bits per heavy atom. The molecule has 0 bridgehead atoms. The Labute approximate surface area is 152 Å². The van der Waals surface area contributed by atoms with Crippen LogP contribution in [0.5, 0.6) is 5.75 Å². The van der Waals surface area contributed by atoms with Gasteiger partial charge in [-0.3, -0.25) is 4.79 Å². The topological polar surface area (TPSA) is 38.3 Å². The van der Waals surface area contributed by atoms with Crippen LogP contribution in [0.15, 0.2) is 53.9 Å². The molecule has 0 aliphatic carbocycles. The van der Waals surface area contributed by atoms with Crippen molar-refractivity contribution in [2.75, 3.05) is 5.32 Å². The van der Waals surface area contributed by atoms with Gasteiger partial charge >= 0.3 is 0 Å². The fraction of sp³-hybridized carbons (Fsp3) is 0.190. The molecule has 128 valence electrons. The molecule has 0 radical (unpaired) electrons. The van der Waals surface area contributed by atoms with Crippen LogP contribution in [0.3, 0.4) is 0 Å². The van der Waals surface area contributed by atoms with Crippen molar-refractivity contribution in [1.82, 2.24) is 0 Å². The fourth-order valence-corrected chi connectivity index (χ4v) is 3.40. The van der Waals surface area contributed by atoms with E-state index in [1.54, 1.807) is 0 Å². The number of hydrogen-bond donors (Lipinski definition) is 1. The van der Waals surface area contributed by atoms with Crippen LogP contribution in [0.1, 0.15) is 31.9 Å². The van der Waals surface area contributed by atoms with Crippen molar-refractivity contribution in [1.29, 1.82) is 0 Å². The molecule has 3 rings (SSSR count). The zero-order valence-corrected chi connectivity index (χ0v) is 15.4. The summed E-state index contributed by atoms with van der Waals surface area (Å²) in [6, 6.07) is 15.8. The van der Waals surface area contributed by atoms with Gasteiger partial charge in [0.05, 0.1) is 4.88 Å². The van der Waals surface area contributed by atoms with E-state index in [0.29, 0.717) is 11.5 Å². The summed E-state index contributed by atoms with van der Waals surface area (Å²) < 4.78 is 5.88. The van der Waals surface area contributed by atoms with E-state index in [4.69, 9.17) is 4.74 Å². The van der Waals surface area contributed by atoms with Gasteiger partial charge in [-0.2, -0.15) is 0 Å². The minimum absolute atomic E-state index is 0.0895. The van der Waals surface area contributed by atoms with E-state index in [0.717, 1.165) is 28.1 Å². The van der Waals surface area contributed by atoms with Gasteiger partial charge in [-0.1, -0.05) is 29.8 Å². The summed E-state index contributed by atoms with van der Waals surface area (Å²) >= 11 is 1.43. The third kappa shape index (κ3) is 4.48. The number of rotatable bonds is 5. The van der Waals surface area contributed by atoms with Crippen molar-refractivity contribution < 1.29 is 9.53 Å². The average molecular weight is 351 g/mol. The first-order valence-corrected chi connectivity index (χ1v) is 9.05. The van der Waals surface area contributed by atoms with Crippen molar-refractivity contribution in [2.45, 2.75) is 27.4 Å². The number of amides is 1. The van der Waals surface area contributed by atoms with Crippen LogP contribution < -0.4 is 10.1 Å². The maximum atomic E-state index is 12.4. The Hall–Kier alpha value is -2.59. The Morgan fingerprint density at radius 3 is 2.60 bits per heavy atom. The zero-order chi connectivity index (χ0) is 17.8. The van der Waals surface area contributed by atoms with Crippen molar-refractivity contribution in [3.63, 3.8) is 0 Å². The molecule has 0 fully saturated rings. The van der Waals surface area contributed by atoms with Gasteiger partial charge in [0.15, 0.2) is 0 Å². The molecular weight excluding hydrogens is 330 g/mol. The summed E-state index contributed by atoms with van der Waals surface area (Å²) in [7, 11) is 0. The first-order chi connectivity index (χ1) is 12.0. The number of anilines is 1. The fourth-order valence-electron chi connectivity index (χ4n) is 2.61. The van der Waals surface area contributed by atoms with Crippen LogP contribution >= 0.6 is 11.3 Å². The molecule has 1 amide bonds. The first kappa shape index (κ1) is 17.2. The lowest BCUT2D eigenvalue weighted by Gasteiger charge is -2.08. The van der Waals surface area contributed by atoms with Crippen LogP contribution in [0.4, 0.5) is 5.69 Å². The summed E-state index contributed by atoms with van der Waals surface area (Å²) in [6.45, 7) is 6.56. The second kappa shape index (κ2) is 7.53. The van der Waals surface area contributed by atoms with E-state index in [1.165, 1.54) is 16.9 Å². The molecule has 1 aromatic heterocycles. The number of carbonyl (C=O) groups excluding carboxylic acids is 1. The molecule has 3 aromatic rings. The summed E-state index contributed by atoms with van der Waals surface area (Å²) in [6.07, 6.45) is 0. The van der Waals surface area contributed by atoms with Gasteiger partial charge in [-0.05, 0) is 61.5 Å². The normalized spacial score (nSPS) is 10.5. The number of carbonyl (C=O) groups is 1. The molecule has 3 nitrogen and oxygen atoms in total. The first-order valence-electron chi connectivity index (χ1n) is 8.17. The minimum Gasteiger partial charge on any atom is -0.489 e. The molecule has 0 unspecified atom stereocenters. The Balaban J connectivity index is 1.62. The van der Waals surface area contributed by atoms with Crippen LogP contribution in [0.2, 0.25) is 0 Å². The van der Waals surface area contributed by atoms with Crippen LogP contribution in [-0.2, 0) is 6.61 Å². The lowest BCUT2D eigenvalue weighted by molar-refractivity contribution is 0.103. The zero-order valence-electron chi connectivity index (χ0n) is 14.6. The molecule has 25 heavy (non-hydrogen) atoms. The summed E-state index contributed by atoms with van der Waals surface area (Å²) in [5.41, 5.74) is 5.26. The number of hydrogen-bond acceptors (Lipinski definition) is 3. The van der Waals surface area contributed by atoms with Gasteiger partial charge in [0.1, 0.15) is 12.4 Å². The SMILES string of the molecule is Cc1cccc(NC(=O)c2cc(COc3ccc(C)cc3C)cs2)c1. The van der Waals surface area contributed by atoms with Gasteiger partial charge in [0.25, 0.3) is 5.91 Å². The van der Waals surface area contributed by atoms with E-state index < -0.39 is 0 Å². The van der Waals surface area contributed by atoms with Gasteiger partial charge in [-0.25, -0.2) is 0 Å². The monoisotopic (exact) mass is 351 g/mol. The highest BCUT2D eigenvalue weighted by atomic mass is 32.1. The smallest absolute Gasteiger partial charge is 0.265 e. The van der Waals surface area contributed by atoms with Gasteiger partial charge in [-0.15, -0.1) is 11.3 Å². The summed E-state index contributed by atoms with van der Waals surface area (Å²) in [5, 5.41) is 4.90. The van der Waals surface area contributed by atoms with E-state index in [9.17, 15) is 4.79 Å². The van der Waals surface area contributed by atoms with Crippen molar-refractivity contribution in [3.8, 4) is 5.75 Å². The molecule has 0 spiro atoms. The lowest BCUT2D eigenvalue weighted by atomic mass is 10.1. The van der Waals surface area contributed by atoms with E-state index >= 15 is 0 Å². The molecule has 0 aliphatic heterocycles. The Bertz CT molecular complexity index is 898.